The van der Waals surface area contributed by atoms with Gasteiger partial charge in [-0.25, -0.2) is 4.79 Å². The second-order valence-corrected chi connectivity index (χ2v) is 4.25. The largest absolute Gasteiger partial charge is 0.478 e. The van der Waals surface area contributed by atoms with Crippen molar-refractivity contribution in [2.45, 2.75) is 13.5 Å². The third-order valence-electron chi connectivity index (χ3n) is 3.16. The minimum atomic E-state index is -0.997. The van der Waals surface area contributed by atoms with E-state index in [1.807, 2.05) is 36.7 Å². The number of hydrogen-bond acceptors (Lipinski definition) is 2. The smallest absolute Gasteiger partial charge is 0.328 e. The van der Waals surface area contributed by atoms with E-state index < -0.39 is 5.97 Å². The van der Waals surface area contributed by atoms with Crippen molar-refractivity contribution in [2.24, 2.45) is 7.05 Å². The van der Waals surface area contributed by atoms with E-state index in [0.717, 1.165) is 33.8 Å². The van der Waals surface area contributed by atoms with Gasteiger partial charge in [-0.2, -0.15) is 0 Å². The molecule has 1 aromatic carbocycles. The van der Waals surface area contributed by atoms with Crippen molar-refractivity contribution in [3.05, 3.63) is 41.1 Å². The van der Waals surface area contributed by atoms with Crippen LogP contribution in [0.2, 0.25) is 0 Å². The summed E-state index contributed by atoms with van der Waals surface area (Å²) < 4.78 is 2.04. The molecule has 0 saturated carbocycles. The first-order chi connectivity index (χ1) is 8.54. The van der Waals surface area contributed by atoms with Crippen molar-refractivity contribution in [1.82, 2.24) is 4.57 Å². The molecule has 0 aliphatic heterocycles. The zero-order valence-corrected chi connectivity index (χ0v) is 10.3. The van der Waals surface area contributed by atoms with Crippen LogP contribution in [0, 0.1) is 6.92 Å². The van der Waals surface area contributed by atoms with Crippen molar-refractivity contribution < 1.29 is 15.0 Å². The Balaban J connectivity index is 2.73. The van der Waals surface area contributed by atoms with Gasteiger partial charge in [-0.15, -0.1) is 0 Å². The van der Waals surface area contributed by atoms with Gasteiger partial charge in [0.05, 0.1) is 6.61 Å². The molecule has 4 nitrogen and oxygen atoms in total. The quantitative estimate of drug-likeness (QED) is 0.814. The molecular weight excluding hydrogens is 230 g/mol. The Morgan fingerprint density at radius 3 is 2.78 bits per heavy atom. The van der Waals surface area contributed by atoms with Crippen LogP contribution in [0.15, 0.2) is 24.3 Å². The van der Waals surface area contributed by atoms with Crippen LogP contribution < -0.4 is 0 Å². The fraction of sp³-hybridized carbons (Fsp3) is 0.214. The number of rotatable bonds is 3. The Kier molecular flexibility index (Phi) is 3.21. The van der Waals surface area contributed by atoms with Crippen LogP contribution in [0.3, 0.4) is 0 Å². The molecule has 0 aliphatic carbocycles. The number of carbonyl (C=O) groups is 1. The second-order valence-electron chi connectivity index (χ2n) is 4.25. The first-order valence-electron chi connectivity index (χ1n) is 5.64. The lowest BCUT2D eigenvalue weighted by Crippen LogP contribution is -1.93. The van der Waals surface area contributed by atoms with Crippen molar-refractivity contribution in [3.8, 4) is 0 Å². The maximum Gasteiger partial charge on any atom is 0.328 e. The highest BCUT2D eigenvalue weighted by molar-refractivity contribution is 5.95. The van der Waals surface area contributed by atoms with Gasteiger partial charge < -0.3 is 14.8 Å². The Morgan fingerprint density at radius 2 is 2.17 bits per heavy atom. The number of carboxylic acids is 1. The maximum atomic E-state index is 10.6. The first-order valence-corrected chi connectivity index (χ1v) is 5.64. The fourth-order valence-corrected chi connectivity index (χ4v) is 2.10. The molecule has 1 aromatic heterocycles. The van der Waals surface area contributed by atoms with E-state index in [4.69, 9.17) is 5.11 Å². The van der Waals surface area contributed by atoms with E-state index in [-0.39, 0.29) is 6.61 Å². The van der Waals surface area contributed by atoms with Crippen LogP contribution in [0.25, 0.3) is 17.0 Å². The zero-order chi connectivity index (χ0) is 13.3. The predicted octanol–water partition coefficient (Wildman–Crippen LogP) is 2.08. The standard InChI is InChI=1S/C14H15NO3/c1-9-7-12-11(4-6-14(17)18)10(8-16)3-5-13(12)15(9)2/h3-7,16H,8H2,1-2H3,(H,17,18). The number of carboxylic acid groups (broad SMARTS) is 1. The first kappa shape index (κ1) is 12.4. The number of benzene rings is 1. The van der Waals surface area contributed by atoms with Crippen LogP contribution in [0.4, 0.5) is 0 Å². The van der Waals surface area contributed by atoms with Gasteiger partial charge in [0.25, 0.3) is 0 Å². The molecule has 0 atom stereocenters. The van der Waals surface area contributed by atoms with E-state index in [1.165, 1.54) is 6.08 Å². The number of aliphatic hydroxyl groups excluding tert-OH is 1. The minimum Gasteiger partial charge on any atom is -0.478 e. The van der Waals surface area contributed by atoms with Gasteiger partial charge in [0, 0.05) is 29.7 Å². The van der Waals surface area contributed by atoms with E-state index in [9.17, 15) is 9.90 Å². The summed E-state index contributed by atoms with van der Waals surface area (Å²) in [4.78, 5) is 10.6. The monoisotopic (exact) mass is 245 g/mol. The SMILES string of the molecule is Cc1cc2c(C=CC(=O)O)c(CO)ccc2n1C. The van der Waals surface area contributed by atoms with Gasteiger partial charge >= 0.3 is 5.97 Å². The average molecular weight is 245 g/mol. The fourth-order valence-electron chi connectivity index (χ4n) is 2.10. The number of hydrogen-bond donors (Lipinski definition) is 2. The number of aryl methyl sites for hydroxylation is 2. The highest BCUT2D eigenvalue weighted by Gasteiger charge is 2.09. The molecule has 0 spiro atoms. The molecule has 18 heavy (non-hydrogen) atoms. The summed E-state index contributed by atoms with van der Waals surface area (Å²) in [5, 5.41) is 19.0. The number of aliphatic hydroxyl groups is 1. The zero-order valence-electron chi connectivity index (χ0n) is 10.3. The summed E-state index contributed by atoms with van der Waals surface area (Å²) in [7, 11) is 1.96. The van der Waals surface area contributed by atoms with Crippen molar-refractivity contribution in [2.75, 3.05) is 0 Å². The molecule has 1 heterocycles. The minimum absolute atomic E-state index is 0.108. The molecule has 0 bridgehead atoms. The van der Waals surface area contributed by atoms with Crippen molar-refractivity contribution in [3.63, 3.8) is 0 Å². The van der Waals surface area contributed by atoms with Gasteiger partial charge in [0.15, 0.2) is 0 Å². The van der Waals surface area contributed by atoms with Gasteiger partial charge in [0.1, 0.15) is 0 Å². The van der Waals surface area contributed by atoms with Crippen LogP contribution in [0.5, 0.6) is 0 Å². The van der Waals surface area contributed by atoms with E-state index in [0.29, 0.717) is 0 Å². The average Bonchev–Trinajstić information content (AvgIpc) is 2.62. The molecule has 0 radical (unpaired) electrons. The van der Waals surface area contributed by atoms with Gasteiger partial charge in [-0.05, 0) is 36.3 Å². The Bertz CT molecular complexity index is 638. The molecule has 94 valence electrons. The molecule has 0 unspecified atom stereocenters. The topological polar surface area (TPSA) is 62.5 Å². The lowest BCUT2D eigenvalue weighted by atomic mass is 10.0. The molecular formula is C14H15NO3. The highest BCUT2D eigenvalue weighted by Crippen LogP contribution is 2.26. The Labute approximate surface area is 105 Å². The summed E-state index contributed by atoms with van der Waals surface area (Å²) in [6.07, 6.45) is 2.63. The van der Waals surface area contributed by atoms with E-state index in [2.05, 4.69) is 0 Å². The van der Waals surface area contributed by atoms with Gasteiger partial charge in [0.2, 0.25) is 0 Å². The predicted molar refractivity (Wildman–Crippen MR) is 70.2 cm³/mol. The summed E-state index contributed by atoms with van der Waals surface area (Å²) in [5.41, 5.74) is 3.60. The van der Waals surface area contributed by atoms with Crippen LogP contribution >= 0.6 is 0 Å². The van der Waals surface area contributed by atoms with Gasteiger partial charge in [-0.1, -0.05) is 6.07 Å². The molecule has 0 aliphatic rings. The molecule has 0 saturated heterocycles. The Morgan fingerprint density at radius 1 is 1.44 bits per heavy atom. The maximum absolute atomic E-state index is 10.6. The molecule has 0 amide bonds. The normalized spacial score (nSPS) is 11.5. The lowest BCUT2D eigenvalue weighted by molar-refractivity contribution is -0.131. The van der Waals surface area contributed by atoms with Gasteiger partial charge in [-0.3, -0.25) is 0 Å². The Hall–Kier alpha value is -2.07. The summed E-state index contributed by atoms with van der Waals surface area (Å²) >= 11 is 0. The molecule has 4 heteroatoms. The van der Waals surface area contributed by atoms with Crippen LogP contribution in [-0.2, 0) is 18.4 Å². The summed E-state index contributed by atoms with van der Waals surface area (Å²) in [6, 6.07) is 5.76. The number of aromatic nitrogens is 1. The molecule has 0 fully saturated rings. The lowest BCUT2D eigenvalue weighted by Gasteiger charge is -2.06. The summed E-state index contributed by atoms with van der Waals surface area (Å²) in [5.74, 6) is -0.997. The number of fused-ring (bicyclic) bond motifs is 1. The third-order valence-corrected chi connectivity index (χ3v) is 3.16. The second kappa shape index (κ2) is 4.66. The van der Waals surface area contributed by atoms with Crippen molar-refractivity contribution >= 4 is 22.9 Å². The molecule has 2 aromatic rings. The third kappa shape index (κ3) is 2.02. The van der Waals surface area contributed by atoms with E-state index >= 15 is 0 Å². The molecule has 2 N–H and O–H groups in total. The summed E-state index contributed by atoms with van der Waals surface area (Å²) in [6.45, 7) is 1.88. The van der Waals surface area contributed by atoms with E-state index in [1.54, 1.807) is 0 Å². The van der Waals surface area contributed by atoms with Crippen LogP contribution in [-0.4, -0.2) is 20.7 Å². The van der Waals surface area contributed by atoms with Crippen LogP contribution in [0.1, 0.15) is 16.8 Å². The highest BCUT2D eigenvalue weighted by atomic mass is 16.4. The number of nitrogens with zero attached hydrogens (tertiary/aromatic N) is 1. The molecule has 2 rings (SSSR count). The number of aliphatic carboxylic acids is 1. The van der Waals surface area contributed by atoms with Crippen molar-refractivity contribution in [1.29, 1.82) is 0 Å².